The first kappa shape index (κ1) is 11.0. The van der Waals surface area contributed by atoms with Crippen molar-refractivity contribution in [1.29, 1.82) is 0 Å². The van der Waals surface area contributed by atoms with Crippen molar-refractivity contribution >= 4 is 0 Å². The van der Waals surface area contributed by atoms with Crippen LogP contribution in [0.15, 0.2) is 0 Å². The molecule has 16 heavy (non-hydrogen) atoms. The Labute approximate surface area is 97.6 Å². The predicted octanol–water partition coefficient (Wildman–Crippen LogP) is 1.16. The monoisotopic (exact) mass is 225 g/mol. The summed E-state index contributed by atoms with van der Waals surface area (Å²) >= 11 is 0. The van der Waals surface area contributed by atoms with Gasteiger partial charge in [0.2, 0.25) is 0 Å². The molecule has 6 unspecified atom stereocenters. The molecule has 92 valence electrons. The molecule has 3 fully saturated rings. The summed E-state index contributed by atoms with van der Waals surface area (Å²) in [5, 5.41) is 13.3. The van der Waals surface area contributed by atoms with Crippen LogP contribution in [0.2, 0.25) is 0 Å². The lowest BCUT2D eigenvalue weighted by atomic mass is 9.83. The fourth-order valence-electron chi connectivity index (χ4n) is 4.07. The average Bonchev–Trinajstić information content (AvgIpc) is 2.95. The molecule has 0 amide bonds. The highest BCUT2D eigenvalue weighted by Gasteiger charge is 2.42. The van der Waals surface area contributed by atoms with Gasteiger partial charge in [0.05, 0.1) is 25.4 Å². The van der Waals surface area contributed by atoms with E-state index in [4.69, 9.17) is 4.74 Å². The summed E-state index contributed by atoms with van der Waals surface area (Å²) in [5.74, 6) is 2.79. The molecule has 1 saturated heterocycles. The Balaban J connectivity index is 1.55. The van der Waals surface area contributed by atoms with E-state index in [-0.39, 0.29) is 12.1 Å². The molecule has 3 rings (SSSR count). The van der Waals surface area contributed by atoms with Gasteiger partial charge in [-0.2, -0.15) is 0 Å². The lowest BCUT2D eigenvalue weighted by Crippen LogP contribution is -2.47. The molecule has 2 aliphatic carbocycles. The van der Waals surface area contributed by atoms with E-state index in [2.05, 4.69) is 12.2 Å². The normalized spacial score (nSPS) is 48.8. The molecule has 2 saturated carbocycles. The van der Waals surface area contributed by atoms with E-state index < -0.39 is 0 Å². The maximum Gasteiger partial charge on any atom is 0.0948 e. The first-order valence-corrected chi connectivity index (χ1v) is 6.76. The van der Waals surface area contributed by atoms with E-state index >= 15 is 0 Å². The van der Waals surface area contributed by atoms with Gasteiger partial charge in [-0.1, -0.05) is 6.42 Å². The summed E-state index contributed by atoms with van der Waals surface area (Å²) in [5.41, 5.74) is 0. The van der Waals surface area contributed by atoms with Crippen LogP contribution in [-0.2, 0) is 4.74 Å². The fourth-order valence-corrected chi connectivity index (χ4v) is 4.07. The molecule has 6 atom stereocenters. The second-order valence-electron chi connectivity index (χ2n) is 6.01. The van der Waals surface area contributed by atoms with E-state index in [1.54, 1.807) is 0 Å². The Hall–Kier alpha value is -0.120. The summed E-state index contributed by atoms with van der Waals surface area (Å²) in [6, 6.07) is 0.700. The van der Waals surface area contributed by atoms with E-state index in [9.17, 15) is 5.11 Å². The van der Waals surface area contributed by atoms with Crippen molar-refractivity contribution in [3.63, 3.8) is 0 Å². The van der Waals surface area contributed by atoms with Crippen LogP contribution in [0.25, 0.3) is 0 Å². The lowest BCUT2D eigenvalue weighted by Gasteiger charge is -2.31. The Morgan fingerprint density at radius 2 is 2.12 bits per heavy atom. The Morgan fingerprint density at radius 3 is 2.69 bits per heavy atom. The largest absolute Gasteiger partial charge is 0.389 e. The molecule has 0 radical (unpaired) electrons. The van der Waals surface area contributed by atoms with E-state index in [1.165, 1.54) is 25.7 Å². The van der Waals surface area contributed by atoms with Crippen LogP contribution in [0.5, 0.6) is 0 Å². The van der Waals surface area contributed by atoms with Crippen LogP contribution in [0.1, 0.15) is 32.6 Å². The first-order valence-electron chi connectivity index (χ1n) is 6.76. The zero-order chi connectivity index (χ0) is 11.1. The molecule has 0 aromatic carbocycles. The van der Waals surface area contributed by atoms with Gasteiger partial charge in [0, 0.05) is 6.04 Å². The van der Waals surface area contributed by atoms with Crippen LogP contribution in [0, 0.1) is 17.8 Å². The molecule has 2 bridgehead atoms. The summed E-state index contributed by atoms with van der Waals surface area (Å²) in [4.78, 5) is 0. The molecule has 2 N–H and O–H groups in total. The third-order valence-electron chi connectivity index (χ3n) is 4.96. The minimum atomic E-state index is -0.305. The highest BCUT2D eigenvalue weighted by Crippen LogP contribution is 2.49. The molecule has 0 aromatic rings. The Kier molecular flexibility index (Phi) is 2.94. The second kappa shape index (κ2) is 4.28. The van der Waals surface area contributed by atoms with Crippen molar-refractivity contribution in [1.82, 2.24) is 5.32 Å². The second-order valence-corrected chi connectivity index (χ2v) is 6.01. The van der Waals surface area contributed by atoms with Crippen molar-refractivity contribution in [2.24, 2.45) is 17.8 Å². The van der Waals surface area contributed by atoms with Gasteiger partial charge < -0.3 is 15.2 Å². The number of hydrogen-bond donors (Lipinski definition) is 2. The van der Waals surface area contributed by atoms with Crippen molar-refractivity contribution in [3.05, 3.63) is 0 Å². The Morgan fingerprint density at radius 1 is 1.25 bits per heavy atom. The van der Waals surface area contributed by atoms with Crippen LogP contribution >= 0.6 is 0 Å². The summed E-state index contributed by atoms with van der Waals surface area (Å²) in [7, 11) is 0. The van der Waals surface area contributed by atoms with Gasteiger partial charge in [-0.3, -0.25) is 0 Å². The van der Waals surface area contributed by atoms with Crippen LogP contribution in [0.4, 0.5) is 0 Å². The number of nitrogens with one attached hydrogen (secondary N) is 1. The maximum atomic E-state index is 9.73. The summed E-state index contributed by atoms with van der Waals surface area (Å²) < 4.78 is 5.28. The minimum Gasteiger partial charge on any atom is -0.389 e. The molecule has 3 heteroatoms. The molecular weight excluding hydrogens is 202 g/mol. The third-order valence-corrected chi connectivity index (χ3v) is 4.96. The number of aliphatic hydroxyl groups is 1. The van der Waals surface area contributed by atoms with Gasteiger partial charge in [0.25, 0.3) is 0 Å². The van der Waals surface area contributed by atoms with E-state index in [0.717, 1.165) is 17.8 Å². The topological polar surface area (TPSA) is 41.5 Å². The number of hydrogen-bond acceptors (Lipinski definition) is 3. The van der Waals surface area contributed by atoms with Gasteiger partial charge in [0.1, 0.15) is 0 Å². The number of aliphatic hydroxyl groups excluding tert-OH is 1. The SMILES string of the molecule is CC(NC1COCC1O)C1CC2CCC1C2. The minimum absolute atomic E-state index is 0.161. The number of rotatable bonds is 3. The molecule has 1 heterocycles. The highest BCUT2D eigenvalue weighted by molar-refractivity contribution is 4.95. The zero-order valence-electron chi connectivity index (χ0n) is 10.1. The standard InChI is InChI=1S/C13H23NO2/c1-8(14-12-6-16-7-13(12)15)11-5-9-2-3-10(11)4-9/h8-15H,2-7H2,1H3. The molecule has 3 aliphatic rings. The number of ether oxygens (including phenoxy) is 1. The Bertz CT molecular complexity index is 258. The van der Waals surface area contributed by atoms with Gasteiger partial charge in [0.15, 0.2) is 0 Å². The fraction of sp³-hybridized carbons (Fsp3) is 1.00. The predicted molar refractivity (Wildman–Crippen MR) is 62.1 cm³/mol. The van der Waals surface area contributed by atoms with Gasteiger partial charge >= 0.3 is 0 Å². The average molecular weight is 225 g/mol. The molecule has 3 nitrogen and oxygen atoms in total. The highest BCUT2D eigenvalue weighted by atomic mass is 16.5. The zero-order valence-corrected chi connectivity index (χ0v) is 10.1. The van der Waals surface area contributed by atoms with Gasteiger partial charge in [-0.05, 0) is 43.9 Å². The van der Waals surface area contributed by atoms with E-state index in [1.807, 2.05) is 0 Å². The van der Waals surface area contributed by atoms with Crippen LogP contribution in [0.3, 0.4) is 0 Å². The molecule has 0 spiro atoms. The van der Waals surface area contributed by atoms with Crippen molar-refractivity contribution in [2.75, 3.05) is 13.2 Å². The van der Waals surface area contributed by atoms with Crippen LogP contribution < -0.4 is 5.32 Å². The van der Waals surface area contributed by atoms with Gasteiger partial charge in [-0.25, -0.2) is 0 Å². The van der Waals surface area contributed by atoms with E-state index in [0.29, 0.717) is 19.3 Å². The van der Waals surface area contributed by atoms with Crippen molar-refractivity contribution in [3.8, 4) is 0 Å². The van der Waals surface area contributed by atoms with Crippen LogP contribution in [-0.4, -0.2) is 36.5 Å². The lowest BCUT2D eigenvalue weighted by molar-refractivity contribution is 0.118. The smallest absolute Gasteiger partial charge is 0.0948 e. The number of fused-ring (bicyclic) bond motifs is 2. The van der Waals surface area contributed by atoms with Gasteiger partial charge in [-0.15, -0.1) is 0 Å². The summed E-state index contributed by atoms with van der Waals surface area (Å²) in [6.45, 7) is 3.46. The quantitative estimate of drug-likeness (QED) is 0.757. The molecule has 0 aromatic heterocycles. The third kappa shape index (κ3) is 1.89. The van der Waals surface area contributed by atoms with Crippen molar-refractivity contribution < 1.29 is 9.84 Å². The maximum absolute atomic E-state index is 9.73. The summed E-state index contributed by atoms with van der Waals surface area (Å²) in [6.07, 6.45) is 5.46. The van der Waals surface area contributed by atoms with Crippen molar-refractivity contribution in [2.45, 2.75) is 50.8 Å². The molecular formula is C13H23NO2. The first-order chi connectivity index (χ1) is 7.74. The molecule has 1 aliphatic heterocycles.